The number of amides is 2. The number of imide groups is 1. The number of cyclic esters (lactones) is 1. The van der Waals surface area contributed by atoms with Gasteiger partial charge in [-0.2, -0.15) is 0 Å². The lowest BCUT2D eigenvalue weighted by molar-refractivity contribution is -0.146. The summed E-state index contributed by atoms with van der Waals surface area (Å²) in [6.07, 6.45) is 1.93. The van der Waals surface area contributed by atoms with Crippen LogP contribution >= 0.6 is 0 Å². The zero-order chi connectivity index (χ0) is 17.5. The highest BCUT2D eigenvalue weighted by Crippen LogP contribution is 2.25. The Hall–Kier alpha value is -3.03. The average Bonchev–Trinajstić information content (AvgIpc) is 3.03. The first kappa shape index (κ1) is 17.3. The summed E-state index contributed by atoms with van der Waals surface area (Å²) in [6, 6.07) is 5.11. The van der Waals surface area contributed by atoms with Gasteiger partial charge in [0.15, 0.2) is 6.61 Å². The molecule has 0 N–H and O–H groups in total. The molecule has 0 saturated carbocycles. The van der Waals surface area contributed by atoms with Crippen LogP contribution in [0.15, 0.2) is 24.3 Å². The SMILES string of the molecule is COc1ccc(/C=C/C(=O)OCC(=O)N2CCOC2=O)c(OC)c1. The maximum absolute atomic E-state index is 11.7. The smallest absolute Gasteiger partial charge is 0.416 e. The molecule has 8 nitrogen and oxygen atoms in total. The van der Waals surface area contributed by atoms with Gasteiger partial charge in [-0.1, -0.05) is 0 Å². The highest BCUT2D eigenvalue weighted by molar-refractivity contribution is 5.95. The molecule has 1 aromatic rings. The summed E-state index contributed by atoms with van der Waals surface area (Å²) in [6.45, 7) is -0.220. The van der Waals surface area contributed by atoms with Crippen LogP contribution in [0.25, 0.3) is 6.08 Å². The molecule has 0 atom stereocenters. The molecule has 1 heterocycles. The van der Waals surface area contributed by atoms with E-state index in [4.69, 9.17) is 14.2 Å². The van der Waals surface area contributed by atoms with Crippen molar-refractivity contribution >= 4 is 24.0 Å². The minimum Gasteiger partial charge on any atom is -0.497 e. The van der Waals surface area contributed by atoms with Gasteiger partial charge in [0.2, 0.25) is 0 Å². The molecule has 1 saturated heterocycles. The van der Waals surface area contributed by atoms with E-state index in [1.165, 1.54) is 26.4 Å². The van der Waals surface area contributed by atoms with Crippen molar-refractivity contribution < 1.29 is 33.3 Å². The van der Waals surface area contributed by atoms with E-state index in [-0.39, 0.29) is 13.2 Å². The molecule has 128 valence electrons. The molecule has 0 aromatic heterocycles. The van der Waals surface area contributed by atoms with Crippen molar-refractivity contribution in [2.45, 2.75) is 0 Å². The largest absolute Gasteiger partial charge is 0.497 e. The molecule has 1 aromatic carbocycles. The molecule has 0 radical (unpaired) electrons. The van der Waals surface area contributed by atoms with Gasteiger partial charge in [-0.05, 0) is 18.2 Å². The number of rotatable bonds is 6. The second-order valence-electron chi connectivity index (χ2n) is 4.71. The van der Waals surface area contributed by atoms with Crippen molar-refractivity contribution in [1.29, 1.82) is 0 Å². The Morgan fingerprint density at radius 3 is 2.71 bits per heavy atom. The summed E-state index contributed by atoms with van der Waals surface area (Å²) in [7, 11) is 3.03. The van der Waals surface area contributed by atoms with Crippen molar-refractivity contribution in [2.75, 3.05) is 34.0 Å². The fourth-order valence-corrected chi connectivity index (χ4v) is 1.99. The summed E-state index contributed by atoms with van der Waals surface area (Å²) in [5.74, 6) is -0.195. The Morgan fingerprint density at radius 2 is 2.08 bits per heavy atom. The minimum atomic E-state index is -0.727. The van der Waals surface area contributed by atoms with Crippen LogP contribution < -0.4 is 9.47 Å². The first-order chi connectivity index (χ1) is 11.5. The zero-order valence-electron chi connectivity index (χ0n) is 13.3. The van der Waals surface area contributed by atoms with Crippen LogP contribution in [0.1, 0.15) is 5.56 Å². The highest BCUT2D eigenvalue weighted by Gasteiger charge is 2.28. The van der Waals surface area contributed by atoms with Gasteiger partial charge in [-0.15, -0.1) is 0 Å². The standard InChI is InChI=1S/C16H17NO7/c1-21-12-5-3-11(13(9-12)22-2)4-6-15(19)24-10-14(18)17-7-8-23-16(17)20/h3-6,9H,7-8,10H2,1-2H3/b6-4+. The van der Waals surface area contributed by atoms with Gasteiger partial charge in [0.1, 0.15) is 18.1 Å². The summed E-state index contributed by atoms with van der Waals surface area (Å²) in [4.78, 5) is 35.5. The lowest BCUT2D eigenvalue weighted by Crippen LogP contribution is -2.35. The third-order valence-corrected chi connectivity index (χ3v) is 3.24. The Bertz CT molecular complexity index is 668. The number of carbonyl (C=O) groups excluding carboxylic acids is 3. The molecule has 24 heavy (non-hydrogen) atoms. The van der Waals surface area contributed by atoms with Crippen LogP contribution in [0.5, 0.6) is 11.5 Å². The predicted molar refractivity (Wildman–Crippen MR) is 82.6 cm³/mol. The molecule has 1 aliphatic rings. The van der Waals surface area contributed by atoms with Crippen molar-refractivity contribution in [3.63, 3.8) is 0 Å². The third-order valence-electron chi connectivity index (χ3n) is 3.24. The highest BCUT2D eigenvalue weighted by atomic mass is 16.6. The van der Waals surface area contributed by atoms with Crippen LogP contribution in [0, 0.1) is 0 Å². The zero-order valence-corrected chi connectivity index (χ0v) is 13.3. The number of ether oxygens (including phenoxy) is 4. The van der Waals surface area contributed by atoms with E-state index < -0.39 is 24.6 Å². The maximum atomic E-state index is 11.7. The molecular weight excluding hydrogens is 318 g/mol. The number of nitrogens with zero attached hydrogens (tertiary/aromatic N) is 1. The quantitative estimate of drug-likeness (QED) is 0.570. The molecule has 0 bridgehead atoms. The Kier molecular flexibility index (Phi) is 5.78. The van der Waals surface area contributed by atoms with E-state index >= 15 is 0 Å². The van der Waals surface area contributed by atoms with E-state index in [1.807, 2.05) is 0 Å². The van der Waals surface area contributed by atoms with E-state index in [1.54, 1.807) is 18.2 Å². The second-order valence-corrected chi connectivity index (χ2v) is 4.71. The normalized spacial score (nSPS) is 13.8. The van der Waals surface area contributed by atoms with Crippen LogP contribution in [0.3, 0.4) is 0 Å². The molecule has 2 amide bonds. The van der Waals surface area contributed by atoms with E-state index in [9.17, 15) is 14.4 Å². The van der Waals surface area contributed by atoms with Crippen molar-refractivity contribution in [1.82, 2.24) is 4.90 Å². The van der Waals surface area contributed by atoms with Gasteiger partial charge in [0, 0.05) is 17.7 Å². The van der Waals surface area contributed by atoms with Crippen molar-refractivity contribution in [2.24, 2.45) is 0 Å². The van der Waals surface area contributed by atoms with E-state index in [0.29, 0.717) is 17.1 Å². The minimum absolute atomic E-state index is 0.148. The summed E-state index contributed by atoms with van der Waals surface area (Å²) < 4.78 is 19.7. The topological polar surface area (TPSA) is 91.4 Å². The van der Waals surface area contributed by atoms with Gasteiger partial charge in [0.25, 0.3) is 5.91 Å². The average molecular weight is 335 g/mol. The molecule has 8 heteroatoms. The monoisotopic (exact) mass is 335 g/mol. The second kappa shape index (κ2) is 8.00. The Labute approximate surface area is 138 Å². The number of carbonyl (C=O) groups is 3. The maximum Gasteiger partial charge on any atom is 0.416 e. The summed E-state index contributed by atoms with van der Waals surface area (Å²) in [5.41, 5.74) is 0.643. The molecule has 1 aliphatic heterocycles. The Morgan fingerprint density at radius 1 is 1.29 bits per heavy atom. The fourth-order valence-electron chi connectivity index (χ4n) is 1.99. The molecule has 0 spiro atoms. The van der Waals surface area contributed by atoms with Gasteiger partial charge in [0.05, 0.1) is 20.8 Å². The van der Waals surface area contributed by atoms with Crippen LogP contribution in [-0.4, -0.2) is 56.8 Å². The predicted octanol–water partition coefficient (Wildman–Crippen LogP) is 1.24. The van der Waals surface area contributed by atoms with Crippen LogP contribution in [0.2, 0.25) is 0 Å². The van der Waals surface area contributed by atoms with Crippen LogP contribution in [-0.2, 0) is 19.1 Å². The lowest BCUT2D eigenvalue weighted by Gasteiger charge is -2.10. The summed E-state index contributed by atoms with van der Waals surface area (Å²) >= 11 is 0. The van der Waals surface area contributed by atoms with Gasteiger partial charge < -0.3 is 18.9 Å². The van der Waals surface area contributed by atoms with Gasteiger partial charge in [-0.25, -0.2) is 14.5 Å². The Balaban J connectivity index is 1.91. The molecule has 1 fully saturated rings. The fraction of sp³-hybridized carbons (Fsp3) is 0.312. The summed E-state index contributed by atoms with van der Waals surface area (Å²) in [5, 5.41) is 0. The number of esters is 1. The number of hydrogen-bond acceptors (Lipinski definition) is 7. The lowest BCUT2D eigenvalue weighted by atomic mass is 10.2. The van der Waals surface area contributed by atoms with Crippen molar-refractivity contribution in [3.8, 4) is 11.5 Å². The number of methoxy groups -OCH3 is 2. The van der Waals surface area contributed by atoms with E-state index in [0.717, 1.165) is 4.90 Å². The first-order valence-electron chi connectivity index (χ1n) is 7.09. The van der Waals surface area contributed by atoms with Gasteiger partial charge >= 0.3 is 12.1 Å². The number of benzene rings is 1. The van der Waals surface area contributed by atoms with E-state index in [2.05, 4.69) is 4.74 Å². The molecule has 0 unspecified atom stereocenters. The first-order valence-corrected chi connectivity index (χ1v) is 7.09. The third kappa shape index (κ3) is 4.25. The van der Waals surface area contributed by atoms with Crippen molar-refractivity contribution in [3.05, 3.63) is 29.8 Å². The molecular formula is C16H17NO7. The van der Waals surface area contributed by atoms with Crippen LogP contribution in [0.4, 0.5) is 4.79 Å². The molecule has 0 aliphatic carbocycles. The number of hydrogen-bond donors (Lipinski definition) is 0. The molecule has 2 rings (SSSR count). The van der Waals surface area contributed by atoms with Gasteiger partial charge in [-0.3, -0.25) is 4.79 Å².